The Morgan fingerprint density at radius 3 is 2.53 bits per heavy atom. The van der Waals surface area contributed by atoms with Crippen LogP contribution in [-0.4, -0.2) is 38.9 Å². The molecule has 2 N–H and O–H groups in total. The van der Waals surface area contributed by atoms with Crippen LogP contribution in [0.5, 0.6) is 0 Å². The number of rotatable bonds is 3. The highest BCUT2D eigenvalue weighted by Gasteiger charge is 2.23. The largest absolute Gasteiger partial charge is 0.314 e. The topological polar surface area (TPSA) is 61.4 Å². The maximum Gasteiger partial charge on any atom is 0.301 e. The van der Waals surface area contributed by atoms with Gasteiger partial charge in [-0.2, -0.15) is 12.7 Å². The summed E-state index contributed by atoms with van der Waals surface area (Å²) in [7, 11) is -3.45. The number of hydrogen-bond donors (Lipinski definition) is 2. The molecule has 1 fully saturated rings. The molecule has 1 aliphatic heterocycles. The van der Waals surface area contributed by atoms with Gasteiger partial charge >= 0.3 is 10.2 Å². The van der Waals surface area contributed by atoms with Crippen molar-refractivity contribution in [2.24, 2.45) is 0 Å². The number of benzene rings is 1. The first-order valence-electron chi connectivity index (χ1n) is 5.33. The lowest BCUT2D eigenvalue weighted by Crippen LogP contribution is -2.48. The van der Waals surface area contributed by atoms with E-state index < -0.39 is 10.2 Å². The molecule has 7 heteroatoms. The van der Waals surface area contributed by atoms with E-state index in [0.717, 1.165) is 4.47 Å². The van der Waals surface area contributed by atoms with Crippen LogP contribution in [0.3, 0.4) is 0 Å². The average molecular weight is 320 g/mol. The number of nitrogens with one attached hydrogen (secondary N) is 2. The third-order valence-corrected chi connectivity index (χ3v) is 4.74. The van der Waals surface area contributed by atoms with Crippen LogP contribution in [0.25, 0.3) is 0 Å². The SMILES string of the molecule is O=S(=O)(Nc1ccccc1Br)N1CCNCC1. The molecular formula is C10H14BrN3O2S. The predicted molar refractivity (Wildman–Crippen MR) is 71.1 cm³/mol. The zero-order valence-corrected chi connectivity index (χ0v) is 11.6. The molecule has 2 rings (SSSR count). The summed E-state index contributed by atoms with van der Waals surface area (Å²) in [5, 5.41) is 3.12. The van der Waals surface area contributed by atoms with E-state index in [0.29, 0.717) is 31.9 Å². The zero-order valence-electron chi connectivity index (χ0n) is 9.19. The molecule has 0 saturated carbocycles. The van der Waals surface area contributed by atoms with Gasteiger partial charge in [0.2, 0.25) is 0 Å². The Bertz CT molecular complexity index is 486. The van der Waals surface area contributed by atoms with Crippen LogP contribution in [0.4, 0.5) is 5.69 Å². The van der Waals surface area contributed by atoms with Crippen LogP contribution in [-0.2, 0) is 10.2 Å². The van der Waals surface area contributed by atoms with Gasteiger partial charge in [-0.1, -0.05) is 12.1 Å². The smallest absolute Gasteiger partial charge is 0.301 e. The lowest BCUT2D eigenvalue weighted by molar-refractivity contribution is 0.362. The van der Waals surface area contributed by atoms with Crippen molar-refractivity contribution >= 4 is 31.8 Å². The van der Waals surface area contributed by atoms with Gasteiger partial charge in [-0.25, -0.2) is 0 Å². The Hall–Kier alpha value is -0.630. The normalized spacial score (nSPS) is 17.9. The van der Waals surface area contributed by atoms with E-state index in [1.165, 1.54) is 4.31 Å². The Kier molecular flexibility index (Phi) is 4.03. The van der Waals surface area contributed by atoms with E-state index in [4.69, 9.17) is 0 Å². The second-order valence-electron chi connectivity index (χ2n) is 3.74. The van der Waals surface area contributed by atoms with Gasteiger partial charge in [0.05, 0.1) is 5.69 Å². The number of piperazine rings is 1. The molecule has 1 aliphatic rings. The average Bonchev–Trinajstić information content (AvgIpc) is 2.33. The fourth-order valence-electron chi connectivity index (χ4n) is 1.63. The van der Waals surface area contributed by atoms with Gasteiger partial charge in [0.1, 0.15) is 0 Å². The lowest BCUT2D eigenvalue weighted by atomic mass is 10.3. The highest BCUT2D eigenvalue weighted by Crippen LogP contribution is 2.23. The maximum absolute atomic E-state index is 12.1. The Morgan fingerprint density at radius 2 is 1.88 bits per heavy atom. The number of halogens is 1. The van der Waals surface area contributed by atoms with Crippen molar-refractivity contribution in [2.75, 3.05) is 30.9 Å². The third kappa shape index (κ3) is 3.19. The molecule has 0 amide bonds. The summed E-state index contributed by atoms with van der Waals surface area (Å²) in [5.74, 6) is 0. The van der Waals surface area contributed by atoms with E-state index in [-0.39, 0.29) is 0 Å². The van der Waals surface area contributed by atoms with E-state index in [1.54, 1.807) is 18.2 Å². The first-order chi connectivity index (χ1) is 8.09. The molecule has 94 valence electrons. The van der Waals surface area contributed by atoms with Crippen molar-refractivity contribution in [1.29, 1.82) is 0 Å². The van der Waals surface area contributed by atoms with Crippen molar-refractivity contribution < 1.29 is 8.42 Å². The fourth-order valence-corrected chi connectivity index (χ4v) is 3.40. The number of para-hydroxylation sites is 1. The Morgan fingerprint density at radius 1 is 1.24 bits per heavy atom. The minimum atomic E-state index is -3.45. The molecule has 0 spiro atoms. The standard InChI is InChI=1S/C10H14BrN3O2S/c11-9-3-1-2-4-10(9)13-17(15,16)14-7-5-12-6-8-14/h1-4,12-13H,5-8H2. The van der Waals surface area contributed by atoms with Crippen LogP contribution < -0.4 is 10.0 Å². The van der Waals surface area contributed by atoms with E-state index >= 15 is 0 Å². The minimum Gasteiger partial charge on any atom is -0.314 e. The second-order valence-corrected chi connectivity index (χ2v) is 6.26. The molecule has 1 aromatic carbocycles. The van der Waals surface area contributed by atoms with Crippen molar-refractivity contribution in [3.8, 4) is 0 Å². The number of nitrogens with zero attached hydrogens (tertiary/aromatic N) is 1. The van der Waals surface area contributed by atoms with Gasteiger partial charge in [-0.15, -0.1) is 0 Å². The van der Waals surface area contributed by atoms with Crippen molar-refractivity contribution in [2.45, 2.75) is 0 Å². The molecule has 0 bridgehead atoms. The fraction of sp³-hybridized carbons (Fsp3) is 0.400. The monoisotopic (exact) mass is 319 g/mol. The molecule has 1 heterocycles. The highest BCUT2D eigenvalue weighted by molar-refractivity contribution is 9.10. The van der Waals surface area contributed by atoms with Crippen LogP contribution in [0.2, 0.25) is 0 Å². The summed E-state index contributed by atoms with van der Waals surface area (Å²) >= 11 is 3.32. The molecule has 0 atom stereocenters. The Labute approximate surface area is 110 Å². The molecule has 1 aromatic rings. The summed E-state index contributed by atoms with van der Waals surface area (Å²) in [5.41, 5.74) is 0.561. The molecule has 5 nitrogen and oxygen atoms in total. The van der Waals surface area contributed by atoms with Gasteiger partial charge in [-0.05, 0) is 28.1 Å². The van der Waals surface area contributed by atoms with Crippen molar-refractivity contribution in [1.82, 2.24) is 9.62 Å². The quantitative estimate of drug-likeness (QED) is 0.874. The number of hydrogen-bond acceptors (Lipinski definition) is 3. The van der Waals surface area contributed by atoms with Gasteiger partial charge < -0.3 is 5.32 Å². The van der Waals surface area contributed by atoms with Crippen LogP contribution >= 0.6 is 15.9 Å². The van der Waals surface area contributed by atoms with Crippen molar-refractivity contribution in [3.63, 3.8) is 0 Å². The van der Waals surface area contributed by atoms with E-state index in [1.807, 2.05) is 6.07 Å². The van der Waals surface area contributed by atoms with Gasteiger partial charge in [0, 0.05) is 30.7 Å². The van der Waals surface area contributed by atoms with E-state index in [9.17, 15) is 8.42 Å². The van der Waals surface area contributed by atoms with Crippen LogP contribution in [0, 0.1) is 0 Å². The van der Waals surface area contributed by atoms with Crippen LogP contribution in [0.15, 0.2) is 28.7 Å². The third-order valence-electron chi connectivity index (χ3n) is 2.53. The van der Waals surface area contributed by atoms with E-state index in [2.05, 4.69) is 26.0 Å². The lowest BCUT2D eigenvalue weighted by Gasteiger charge is -2.27. The minimum absolute atomic E-state index is 0.500. The first-order valence-corrected chi connectivity index (χ1v) is 7.56. The summed E-state index contributed by atoms with van der Waals surface area (Å²) < 4.78 is 28.9. The molecule has 0 aromatic heterocycles. The second kappa shape index (κ2) is 5.34. The van der Waals surface area contributed by atoms with Gasteiger partial charge in [-0.3, -0.25) is 4.72 Å². The van der Waals surface area contributed by atoms with Crippen molar-refractivity contribution in [3.05, 3.63) is 28.7 Å². The van der Waals surface area contributed by atoms with Crippen LogP contribution in [0.1, 0.15) is 0 Å². The predicted octanol–water partition coefficient (Wildman–Crippen LogP) is 1.01. The molecular weight excluding hydrogens is 306 g/mol. The molecule has 0 aliphatic carbocycles. The highest BCUT2D eigenvalue weighted by atomic mass is 79.9. The maximum atomic E-state index is 12.1. The summed E-state index contributed by atoms with van der Waals surface area (Å²) in [4.78, 5) is 0. The molecule has 0 radical (unpaired) electrons. The molecule has 0 unspecified atom stereocenters. The first kappa shape index (κ1) is 12.8. The summed E-state index contributed by atoms with van der Waals surface area (Å²) in [6.07, 6.45) is 0. The summed E-state index contributed by atoms with van der Waals surface area (Å²) in [6, 6.07) is 7.16. The summed E-state index contributed by atoms with van der Waals surface area (Å²) in [6.45, 7) is 2.38. The number of anilines is 1. The Balaban J connectivity index is 2.14. The van der Waals surface area contributed by atoms with Gasteiger partial charge in [0.15, 0.2) is 0 Å². The zero-order chi connectivity index (χ0) is 12.3. The molecule has 1 saturated heterocycles. The molecule has 17 heavy (non-hydrogen) atoms. The van der Waals surface area contributed by atoms with Gasteiger partial charge in [0.25, 0.3) is 0 Å².